The highest BCUT2D eigenvalue weighted by Gasteiger charge is 2.24. The molecule has 168 valence electrons. The number of anilines is 1. The van der Waals surface area contributed by atoms with E-state index in [9.17, 15) is 4.39 Å². The maximum absolute atomic E-state index is 14.7. The summed E-state index contributed by atoms with van der Waals surface area (Å²) in [5, 5.41) is 8.94. The van der Waals surface area contributed by atoms with E-state index in [1.165, 1.54) is 17.7 Å². The molecule has 0 bridgehead atoms. The predicted molar refractivity (Wildman–Crippen MR) is 126 cm³/mol. The number of nitrogens with zero attached hydrogens (tertiary/aromatic N) is 3. The molecule has 1 aromatic carbocycles. The normalized spacial score (nSPS) is 18.9. The molecule has 0 saturated carbocycles. The van der Waals surface area contributed by atoms with Crippen molar-refractivity contribution in [2.75, 3.05) is 57.9 Å². The third kappa shape index (κ3) is 5.75. The Hall–Kier alpha value is -2.16. The monoisotopic (exact) mass is 445 g/mol. The molecule has 3 heterocycles. The van der Waals surface area contributed by atoms with Crippen LogP contribution in [0.3, 0.4) is 0 Å². The van der Waals surface area contributed by atoms with Crippen molar-refractivity contribution in [2.45, 2.75) is 25.4 Å². The van der Waals surface area contributed by atoms with Gasteiger partial charge in [0.15, 0.2) is 5.96 Å². The van der Waals surface area contributed by atoms with Crippen molar-refractivity contribution in [3.63, 3.8) is 0 Å². The summed E-state index contributed by atoms with van der Waals surface area (Å²) in [6.07, 6.45) is 2.53. The Labute approximate surface area is 188 Å². The van der Waals surface area contributed by atoms with Crippen LogP contribution in [0.4, 0.5) is 10.1 Å². The second-order valence-electron chi connectivity index (χ2n) is 7.97. The van der Waals surface area contributed by atoms with Crippen LogP contribution >= 0.6 is 11.3 Å². The van der Waals surface area contributed by atoms with Gasteiger partial charge in [0.05, 0.1) is 24.9 Å². The summed E-state index contributed by atoms with van der Waals surface area (Å²) in [6.45, 7) is 6.36. The SMILES string of the molecule is CN=C(NCc1ccc(N2CCOCC2)c(F)c1)NCC(c1cccs1)N1CCCC1. The van der Waals surface area contributed by atoms with Crippen molar-refractivity contribution < 1.29 is 9.13 Å². The lowest BCUT2D eigenvalue weighted by atomic mass is 10.1. The number of nitrogens with one attached hydrogen (secondary N) is 2. The molecule has 31 heavy (non-hydrogen) atoms. The Morgan fingerprint density at radius 3 is 2.65 bits per heavy atom. The zero-order valence-corrected chi connectivity index (χ0v) is 19.0. The maximum atomic E-state index is 14.7. The Kier molecular flexibility index (Phi) is 7.77. The molecule has 2 aromatic rings. The molecule has 6 nitrogen and oxygen atoms in total. The Morgan fingerprint density at radius 1 is 1.16 bits per heavy atom. The summed E-state index contributed by atoms with van der Waals surface area (Å²) in [5.74, 6) is 0.550. The van der Waals surface area contributed by atoms with Crippen molar-refractivity contribution in [1.29, 1.82) is 0 Å². The van der Waals surface area contributed by atoms with Crippen molar-refractivity contribution >= 4 is 23.0 Å². The molecule has 2 N–H and O–H groups in total. The van der Waals surface area contributed by atoms with Crippen LogP contribution in [0.25, 0.3) is 0 Å². The number of aliphatic imine (C=N–C) groups is 1. The third-order valence-corrected chi connectivity index (χ3v) is 6.94. The van der Waals surface area contributed by atoms with Gasteiger partial charge in [-0.2, -0.15) is 0 Å². The van der Waals surface area contributed by atoms with E-state index in [2.05, 4.69) is 38.0 Å². The van der Waals surface area contributed by atoms with E-state index < -0.39 is 0 Å². The molecule has 0 radical (unpaired) electrons. The molecule has 0 amide bonds. The molecule has 8 heteroatoms. The van der Waals surface area contributed by atoms with Gasteiger partial charge in [0.2, 0.25) is 0 Å². The number of likely N-dealkylation sites (tertiary alicyclic amines) is 1. The lowest BCUT2D eigenvalue weighted by molar-refractivity contribution is 0.122. The molecule has 1 aromatic heterocycles. The molecular weight excluding hydrogens is 413 g/mol. The summed E-state index contributed by atoms with van der Waals surface area (Å²) in [6, 6.07) is 10.1. The first-order valence-electron chi connectivity index (χ1n) is 11.1. The topological polar surface area (TPSA) is 52.1 Å². The molecule has 2 aliphatic rings. The van der Waals surface area contributed by atoms with E-state index in [0.717, 1.165) is 44.2 Å². The van der Waals surface area contributed by atoms with Crippen LogP contribution in [0.15, 0.2) is 40.7 Å². The standard InChI is InChI=1S/C23H32FN5OS/c1-25-23(27-17-21(22-5-4-14-31-22)28-8-2-3-9-28)26-16-18-6-7-20(19(24)15-18)29-10-12-30-13-11-29/h4-7,14-15,21H,2-3,8-13,16-17H2,1H3,(H2,25,26,27). The lowest BCUT2D eigenvalue weighted by Gasteiger charge is -2.29. The van der Waals surface area contributed by atoms with Crippen LogP contribution in [0, 0.1) is 5.82 Å². The average molecular weight is 446 g/mol. The highest BCUT2D eigenvalue weighted by atomic mass is 32.1. The summed E-state index contributed by atoms with van der Waals surface area (Å²) < 4.78 is 20.0. The molecule has 1 unspecified atom stereocenters. The van der Waals surface area contributed by atoms with Gasteiger partial charge >= 0.3 is 0 Å². The van der Waals surface area contributed by atoms with Gasteiger partial charge < -0.3 is 20.3 Å². The number of halogens is 1. The van der Waals surface area contributed by atoms with Crippen LogP contribution in [-0.4, -0.2) is 63.8 Å². The van der Waals surface area contributed by atoms with E-state index in [0.29, 0.717) is 31.5 Å². The second-order valence-corrected chi connectivity index (χ2v) is 8.95. The van der Waals surface area contributed by atoms with E-state index >= 15 is 0 Å². The van der Waals surface area contributed by atoms with Gasteiger partial charge in [-0.25, -0.2) is 4.39 Å². The first-order chi connectivity index (χ1) is 15.2. The number of hydrogen-bond donors (Lipinski definition) is 2. The average Bonchev–Trinajstić information content (AvgIpc) is 3.52. The van der Waals surface area contributed by atoms with Crippen molar-refractivity contribution in [2.24, 2.45) is 4.99 Å². The molecular formula is C23H32FN5OS. The first-order valence-corrected chi connectivity index (χ1v) is 12.0. The number of benzene rings is 1. The molecule has 0 aliphatic carbocycles. The smallest absolute Gasteiger partial charge is 0.191 e. The van der Waals surface area contributed by atoms with Gasteiger partial charge in [0.1, 0.15) is 5.82 Å². The van der Waals surface area contributed by atoms with Gasteiger partial charge in [0.25, 0.3) is 0 Å². The molecule has 1 atom stereocenters. The molecule has 4 rings (SSSR count). The fourth-order valence-electron chi connectivity index (χ4n) is 4.26. The quantitative estimate of drug-likeness (QED) is 0.506. The van der Waals surface area contributed by atoms with Crippen LogP contribution in [-0.2, 0) is 11.3 Å². The van der Waals surface area contributed by atoms with E-state index in [4.69, 9.17) is 4.74 Å². The summed E-state index contributed by atoms with van der Waals surface area (Å²) in [4.78, 5) is 10.3. The number of ether oxygens (including phenoxy) is 1. The molecule has 2 fully saturated rings. The highest BCUT2D eigenvalue weighted by molar-refractivity contribution is 7.10. The number of rotatable bonds is 7. The van der Waals surface area contributed by atoms with Crippen molar-refractivity contribution in [3.05, 3.63) is 52.0 Å². The van der Waals surface area contributed by atoms with Gasteiger partial charge in [-0.05, 0) is 55.1 Å². The number of hydrogen-bond acceptors (Lipinski definition) is 5. The number of morpholine rings is 1. The highest BCUT2D eigenvalue weighted by Crippen LogP contribution is 2.28. The minimum absolute atomic E-state index is 0.184. The summed E-state index contributed by atoms with van der Waals surface area (Å²) >= 11 is 1.81. The lowest BCUT2D eigenvalue weighted by Crippen LogP contribution is -2.42. The largest absolute Gasteiger partial charge is 0.378 e. The fourth-order valence-corrected chi connectivity index (χ4v) is 5.13. The summed E-state index contributed by atoms with van der Waals surface area (Å²) in [5.41, 5.74) is 1.55. The zero-order valence-electron chi connectivity index (χ0n) is 18.1. The minimum atomic E-state index is -0.184. The second kappa shape index (κ2) is 10.9. The Morgan fingerprint density at radius 2 is 1.97 bits per heavy atom. The van der Waals surface area contributed by atoms with Crippen LogP contribution < -0.4 is 15.5 Å². The number of guanidine groups is 1. The Balaban J connectivity index is 1.32. The molecule has 2 aliphatic heterocycles. The third-order valence-electron chi connectivity index (χ3n) is 5.96. The maximum Gasteiger partial charge on any atom is 0.191 e. The van der Waals surface area contributed by atoms with Gasteiger partial charge in [0, 0.05) is 38.1 Å². The van der Waals surface area contributed by atoms with Crippen molar-refractivity contribution in [1.82, 2.24) is 15.5 Å². The van der Waals surface area contributed by atoms with Gasteiger partial charge in [-0.1, -0.05) is 12.1 Å². The van der Waals surface area contributed by atoms with Gasteiger partial charge in [-0.15, -0.1) is 11.3 Å². The number of thiophene rings is 1. The first kappa shape index (κ1) is 22.0. The Bertz CT molecular complexity index is 848. The fraction of sp³-hybridized carbons (Fsp3) is 0.522. The van der Waals surface area contributed by atoms with Crippen LogP contribution in [0.5, 0.6) is 0 Å². The van der Waals surface area contributed by atoms with E-state index in [-0.39, 0.29) is 5.82 Å². The van der Waals surface area contributed by atoms with E-state index in [1.54, 1.807) is 24.5 Å². The molecule has 0 spiro atoms. The van der Waals surface area contributed by atoms with E-state index in [1.807, 2.05) is 17.0 Å². The van der Waals surface area contributed by atoms with Gasteiger partial charge in [-0.3, -0.25) is 9.89 Å². The van der Waals surface area contributed by atoms with Crippen LogP contribution in [0.2, 0.25) is 0 Å². The van der Waals surface area contributed by atoms with Crippen molar-refractivity contribution in [3.8, 4) is 0 Å². The zero-order chi connectivity index (χ0) is 21.5. The molecule has 2 saturated heterocycles. The predicted octanol–water partition coefficient (Wildman–Crippen LogP) is 3.23. The minimum Gasteiger partial charge on any atom is -0.378 e. The van der Waals surface area contributed by atoms with Crippen LogP contribution in [0.1, 0.15) is 29.3 Å². The summed E-state index contributed by atoms with van der Waals surface area (Å²) in [7, 11) is 1.77.